The summed E-state index contributed by atoms with van der Waals surface area (Å²) in [6.45, 7) is 0. The summed E-state index contributed by atoms with van der Waals surface area (Å²) < 4.78 is 93.2. The number of nitrogens with zero attached hydrogens (tertiary/aromatic N) is 1. The molecule has 3 aromatic carbocycles. The van der Waals surface area contributed by atoms with E-state index in [1.165, 1.54) is 0 Å². The Morgan fingerprint density at radius 1 is 0.758 bits per heavy atom. The van der Waals surface area contributed by atoms with Gasteiger partial charge in [0.2, 0.25) is 0 Å². The van der Waals surface area contributed by atoms with Gasteiger partial charge in [-0.15, -0.1) is 0 Å². The molecule has 0 spiro atoms. The highest BCUT2D eigenvalue weighted by Gasteiger charge is 2.32. The van der Waals surface area contributed by atoms with Crippen LogP contribution in [0.15, 0.2) is 53.3 Å². The van der Waals surface area contributed by atoms with E-state index >= 15 is 0 Å². The molecule has 0 aliphatic heterocycles. The largest absolute Gasteiger partial charge is 0.507 e. The van der Waals surface area contributed by atoms with Gasteiger partial charge in [0.1, 0.15) is 17.3 Å². The van der Waals surface area contributed by atoms with Crippen molar-refractivity contribution in [3.05, 3.63) is 76.0 Å². The number of rotatable bonds is 2. The SMILES string of the molecule is O=c1[nH]c2cc(C(F)(F)F)ccc2n1-c1cc(-c2cc(C(F)(F)F)ccc2F)c(O)cc1O. The fourth-order valence-electron chi connectivity index (χ4n) is 3.40. The first-order valence-corrected chi connectivity index (χ1v) is 9.03. The molecule has 0 bridgehead atoms. The molecule has 0 fully saturated rings. The van der Waals surface area contributed by atoms with Gasteiger partial charge in [0.05, 0.1) is 27.8 Å². The van der Waals surface area contributed by atoms with Gasteiger partial charge in [-0.2, -0.15) is 26.3 Å². The summed E-state index contributed by atoms with van der Waals surface area (Å²) in [6.07, 6.45) is -9.51. The minimum Gasteiger partial charge on any atom is -0.507 e. The Kier molecular flexibility index (Phi) is 4.91. The molecule has 0 unspecified atom stereocenters. The van der Waals surface area contributed by atoms with Crippen LogP contribution in [0.2, 0.25) is 0 Å². The van der Waals surface area contributed by atoms with Crippen LogP contribution in [0.1, 0.15) is 11.1 Å². The second-order valence-corrected chi connectivity index (χ2v) is 7.05. The van der Waals surface area contributed by atoms with Crippen LogP contribution in [-0.2, 0) is 12.4 Å². The molecule has 33 heavy (non-hydrogen) atoms. The Hall–Kier alpha value is -3.96. The van der Waals surface area contributed by atoms with E-state index in [0.717, 1.165) is 16.7 Å². The van der Waals surface area contributed by atoms with Gasteiger partial charge in [0, 0.05) is 17.2 Å². The Bertz CT molecular complexity index is 1450. The normalized spacial score (nSPS) is 12.5. The van der Waals surface area contributed by atoms with E-state index in [0.29, 0.717) is 36.4 Å². The Labute approximate surface area is 179 Å². The second-order valence-electron chi connectivity index (χ2n) is 7.05. The number of fused-ring (bicyclic) bond motifs is 1. The van der Waals surface area contributed by atoms with Crippen molar-refractivity contribution in [3.8, 4) is 28.3 Å². The lowest BCUT2D eigenvalue weighted by Crippen LogP contribution is -2.15. The molecule has 1 heterocycles. The maximum absolute atomic E-state index is 14.4. The van der Waals surface area contributed by atoms with E-state index in [4.69, 9.17) is 0 Å². The average Bonchev–Trinajstić information content (AvgIpc) is 3.02. The Morgan fingerprint density at radius 3 is 2.00 bits per heavy atom. The minimum atomic E-state index is -4.82. The summed E-state index contributed by atoms with van der Waals surface area (Å²) in [5, 5.41) is 20.4. The van der Waals surface area contributed by atoms with Crippen molar-refractivity contribution < 1.29 is 40.9 Å². The minimum absolute atomic E-state index is 0.107. The lowest BCUT2D eigenvalue weighted by Gasteiger charge is -2.14. The van der Waals surface area contributed by atoms with Crippen LogP contribution < -0.4 is 5.69 Å². The van der Waals surface area contributed by atoms with E-state index in [2.05, 4.69) is 4.98 Å². The third-order valence-corrected chi connectivity index (χ3v) is 4.93. The fourth-order valence-corrected chi connectivity index (χ4v) is 3.40. The molecule has 0 saturated heterocycles. The fraction of sp³-hybridized carbons (Fsp3) is 0.0952. The van der Waals surface area contributed by atoms with Crippen LogP contribution in [0, 0.1) is 5.82 Å². The molecule has 0 aliphatic rings. The van der Waals surface area contributed by atoms with E-state index in [-0.39, 0.29) is 11.0 Å². The Morgan fingerprint density at radius 2 is 1.36 bits per heavy atom. The van der Waals surface area contributed by atoms with Crippen molar-refractivity contribution in [2.75, 3.05) is 0 Å². The summed E-state index contributed by atoms with van der Waals surface area (Å²) in [5.74, 6) is -2.65. The average molecular weight is 472 g/mol. The molecule has 5 nitrogen and oxygen atoms in total. The molecule has 0 amide bonds. The first kappa shape index (κ1) is 22.2. The van der Waals surface area contributed by atoms with Crippen LogP contribution in [0.25, 0.3) is 27.8 Å². The van der Waals surface area contributed by atoms with Gasteiger partial charge >= 0.3 is 18.0 Å². The molecule has 172 valence electrons. The van der Waals surface area contributed by atoms with Crippen LogP contribution in [0.5, 0.6) is 11.5 Å². The van der Waals surface area contributed by atoms with Crippen LogP contribution in [0.4, 0.5) is 30.7 Å². The highest BCUT2D eigenvalue weighted by Crippen LogP contribution is 2.41. The smallest absolute Gasteiger partial charge is 0.416 e. The first-order valence-electron chi connectivity index (χ1n) is 9.03. The summed E-state index contributed by atoms with van der Waals surface area (Å²) >= 11 is 0. The van der Waals surface area contributed by atoms with Gasteiger partial charge in [0.25, 0.3) is 0 Å². The molecule has 4 aromatic rings. The van der Waals surface area contributed by atoms with Crippen molar-refractivity contribution >= 4 is 11.0 Å². The van der Waals surface area contributed by atoms with Gasteiger partial charge < -0.3 is 15.2 Å². The molecular formula is C21H11F7N2O3. The van der Waals surface area contributed by atoms with E-state index in [1.54, 1.807) is 0 Å². The number of aromatic amines is 1. The maximum atomic E-state index is 14.4. The molecule has 0 aliphatic carbocycles. The number of phenols is 2. The zero-order chi connectivity index (χ0) is 24.3. The highest BCUT2D eigenvalue weighted by molar-refractivity contribution is 5.81. The standard InChI is InChI=1S/C21H11F7N2O3/c22-13-3-1-9(20(23,24)25)5-11(13)12-7-16(18(32)8-17(12)31)30-15-4-2-10(21(26,27)28)6-14(15)29-19(30)33/h1-8,31-32H,(H,29,33). The molecule has 0 radical (unpaired) electrons. The van der Waals surface area contributed by atoms with Gasteiger partial charge in [0.15, 0.2) is 0 Å². The van der Waals surface area contributed by atoms with E-state index in [1.807, 2.05) is 0 Å². The van der Waals surface area contributed by atoms with Crippen LogP contribution in [0.3, 0.4) is 0 Å². The third kappa shape index (κ3) is 3.88. The lowest BCUT2D eigenvalue weighted by atomic mass is 10.00. The highest BCUT2D eigenvalue weighted by atomic mass is 19.4. The summed E-state index contributed by atoms with van der Waals surface area (Å²) in [5.41, 5.74) is -5.16. The van der Waals surface area contributed by atoms with Crippen molar-refractivity contribution in [2.45, 2.75) is 12.4 Å². The molecule has 0 saturated carbocycles. The number of aromatic nitrogens is 2. The number of nitrogens with one attached hydrogen (secondary N) is 1. The van der Waals surface area contributed by atoms with Crippen molar-refractivity contribution in [3.63, 3.8) is 0 Å². The molecule has 4 rings (SSSR count). The number of hydrogen-bond donors (Lipinski definition) is 3. The van der Waals surface area contributed by atoms with Gasteiger partial charge in [-0.05, 0) is 42.5 Å². The van der Waals surface area contributed by atoms with Gasteiger partial charge in [-0.3, -0.25) is 4.57 Å². The predicted molar refractivity (Wildman–Crippen MR) is 103 cm³/mol. The summed E-state index contributed by atoms with van der Waals surface area (Å²) in [7, 11) is 0. The van der Waals surface area contributed by atoms with E-state index in [9.17, 15) is 45.7 Å². The monoisotopic (exact) mass is 472 g/mol. The topological polar surface area (TPSA) is 78.2 Å². The van der Waals surface area contributed by atoms with Gasteiger partial charge in [-0.25, -0.2) is 9.18 Å². The molecule has 3 N–H and O–H groups in total. The third-order valence-electron chi connectivity index (χ3n) is 4.93. The number of benzene rings is 3. The van der Waals surface area contributed by atoms with E-state index < -0.39 is 63.3 Å². The summed E-state index contributed by atoms with van der Waals surface area (Å²) in [6, 6.07) is 5.33. The predicted octanol–water partition coefficient (Wildman–Crippen LogP) is 5.57. The second kappa shape index (κ2) is 7.29. The van der Waals surface area contributed by atoms with Crippen molar-refractivity contribution in [1.82, 2.24) is 9.55 Å². The Balaban J connectivity index is 1.96. The number of hydrogen-bond acceptors (Lipinski definition) is 3. The summed E-state index contributed by atoms with van der Waals surface area (Å²) in [4.78, 5) is 14.7. The molecule has 12 heteroatoms. The number of imidazole rings is 1. The van der Waals surface area contributed by atoms with Gasteiger partial charge in [-0.1, -0.05) is 0 Å². The van der Waals surface area contributed by atoms with Crippen LogP contribution in [-0.4, -0.2) is 19.8 Å². The zero-order valence-electron chi connectivity index (χ0n) is 16.0. The number of aromatic hydroxyl groups is 2. The number of phenolic OH excluding ortho intramolecular Hbond substituents is 2. The molecule has 1 aromatic heterocycles. The lowest BCUT2D eigenvalue weighted by molar-refractivity contribution is -0.138. The maximum Gasteiger partial charge on any atom is 0.416 e. The quantitative estimate of drug-likeness (QED) is 0.334. The number of halogens is 7. The number of H-pyrrole nitrogens is 1. The first-order chi connectivity index (χ1) is 15.3. The number of alkyl halides is 6. The molecular weight excluding hydrogens is 461 g/mol. The van der Waals surface area contributed by atoms with Crippen molar-refractivity contribution in [2.24, 2.45) is 0 Å². The zero-order valence-corrected chi connectivity index (χ0v) is 16.0. The molecule has 0 atom stereocenters. The van der Waals surface area contributed by atoms with Crippen molar-refractivity contribution in [1.29, 1.82) is 0 Å². The van der Waals surface area contributed by atoms with Crippen LogP contribution >= 0.6 is 0 Å².